The van der Waals surface area contributed by atoms with Gasteiger partial charge in [-0.2, -0.15) is 0 Å². The van der Waals surface area contributed by atoms with E-state index in [0.29, 0.717) is 0 Å². The van der Waals surface area contributed by atoms with Crippen molar-refractivity contribution in [3.8, 4) is 22.4 Å². The topological polar surface area (TPSA) is 25.8 Å². The maximum Gasteiger partial charge on any atom is 0.143 e. The molecule has 0 N–H and O–H groups in total. The molecule has 1 atom stereocenters. The van der Waals surface area contributed by atoms with Crippen LogP contribution in [-0.4, -0.2) is 9.97 Å². The summed E-state index contributed by atoms with van der Waals surface area (Å²) in [6.07, 6.45) is 0. The highest BCUT2D eigenvalue weighted by Gasteiger charge is 2.38. The Kier molecular flexibility index (Phi) is 5.89. The molecule has 8 aromatic carbocycles. The summed E-state index contributed by atoms with van der Waals surface area (Å²) < 4.78 is 6.43. The van der Waals surface area contributed by atoms with Crippen molar-refractivity contribution in [2.45, 2.75) is 5.92 Å². The molecular formula is C49H26N2S3. The van der Waals surface area contributed by atoms with E-state index in [-0.39, 0.29) is 5.92 Å². The van der Waals surface area contributed by atoms with E-state index in [9.17, 15) is 0 Å². The third-order valence-corrected chi connectivity index (χ3v) is 15.0. The standard InChI is InChI=1S/C49H26N2S3/c1-2-13-27-25-39-36(24-26(27)12-1)41-31-17-5-3-15-29(31)40-30-16-4-6-18-32(30)42(43(40)48(41)53-39)46-44(50-45-34-19-8-10-23-38(34)54-49(45)51-46)35-21-11-20-33-28-14-7-9-22-37(28)52-47(33)35/h1-25,42H. The Morgan fingerprint density at radius 2 is 1.09 bits per heavy atom. The molecule has 0 fully saturated rings. The van der Waals surface area contributed by atoms with Crippen LogP contribution in [0, 0.1) is 0 Å². The third kappa shape index (κ3) is 3.88. The van der Waals surface area contributed by atoms with Crippen LogP contribution in [0.15, 0.2) is 152 Å². The number of thiophene rings is 3. The molecule has 0 spiro atoms. The van der Waals surface area contributed by atoms with Crippen LogP contribution in [0.4, 0.5) is 0 Å². The van der Waals surface area contributed by atoms with Crippen LogP contribution >= 0.6 is 34.0 Å². The van der Waals surface area contributed by atoms with Crippen LogP contribution in [0.3, 0.4) is 0 Å². The highest BCUT2D eigenvalue weighted by Crippen LogP contribution is 2.58. The van der Waals surface area contributed by atoms with Crippen molar-refractivity contribution in [3.63, 3.8) is 0 Å². The Labute approximate surface area is 321 Å². The van der Waals surface area contributed by atoms with Crippen molar-refractivity contribution in [1.82, 2.24) is 9.97 Å². The Balaban J connectivity index is 1.21. The summed E-state index contributed by atoms with van der Waals surface area (Å²) in [5, 5.41) is 11.5. The van der Waals surface area contributed by atoms with Crippen molar-refractivity contribution >= 4 is 116 Å². The molecule has 0 radical (unpaired) electrons. The smallest absolute Gasteiger partial charge is 0.143 e. The zero-order chi connectivity index (χ0) is 35.1. The van der Waals surface area contributed by atoms with Gasteiger partial charge in [-0.15, -0.1) is 34.0 Å². The van der Waals surface area contributed by atoms with Gasteiger partial charge in [-0.1, -0.05) is 127 Å². The van der Waals surface area contributed by atoms with Gasteiger partial charge in [-0.05, 0) is 68.1 Å². The third-order valence-electron chi connectivity index (χ3n) is 11.5. The first-order valence-corrected chi connectivity index (χ1v) is 20.7. The van der Waals surface area contributed by atoms with E-state index < -0.39 is 0 Å². The molecule has 250 valence electrons. The van der Waals surface area contributed by atoms with E-state index in [4.69, 9.17) is 9.97 Å². The van der Waals surface area contributed by atoms with E-state index in [2.05, 4.69) is 152 Å². The molecule has 54 heavy (non-hydrogen) atoms. The second-order valence-corrected chi connectivity index (χ2v) is 17.5. The van der Waals surface area contributed by atoms with Crippen molar-refractivity contribution in [3.05, 3.63) is 168 Å². The van der Waals surface area contributed by atoms with Crippen LogP contribution in [0.1, 0.15) is 22.7 Å². The Bertz CT molecular complexity index is 3590. The van der Waals surface area contributed by atoms with E-state index in [1.807, 2.05) is 22.7 Å². The maximum atomic E-state index is 5.78. The zero-order valence-corrected chi connectivity index (χ0v) is 31.1. The average molecular weight is 739 g/mol. The summed E-state index contributed by atoms with van der Waals surface area (Å²) in [6, 6.07) is 55.8. The molecule has 0 amide bonds. The Morgan fingerprint density at radius 1 is 0.444 bits per heavy atom. The predicted molar refractivity (Wildman–Crippen MR) is 234 cm³/mol. The van der Waals surface area contributed by atoms with Gasteiger partial charge in [0.1, 0.15) is 10.3 Å². The fraction of sp³-hybridized carbons (Fsp3) is 0.0204. The normalized spacial score (nSPS) is 14.1. The van der Waals surface area contributed by atoms with Gasteiger partial charge in [0.25, 0.3) is 0 Å². The minimum absolute atomic E-state index is 0.104. The Hall–Kier alpha value is -5.98. The average Bonchev–Trinajstić information content (AvgIpc) is 3.98. The van der Waals surface area contributed by atoms with Gasteiger partial charge in [-0.3, -0.25) is 0 Å². The van der Waals surface area contributed by atoms with Crippen molar-refractivity contribution in [2.24, 2.45) is 0 Å². The van der Waals surface area contributed by atoms with Gasteiger partial charge in [-0.25, -0.2) is 9.97 Å². The summed E-state index contributed by atoms with van der Waals surface area (Å²) in [5.41, 5.74) is 9.42. The minimum atomic E-state index is -0.104. The predicted octanol–water partition coefficient (Wildman–Crippen LogP) is 14.7. The van der Waals surface area contributed by atoms with Gasteiger partial charge in [0.15, 0.2) is 0 Å². The molecule has 5 heteroatoms. The molecular weight excluding hydrogens is 713 g/mol. The maximum absolute atomic E-state index is 5.78. The van der Waals surface area contributed by atoms with Crippen molar-refractivity contribution < 1.29 is 0 Å². The fourth-order valence-electron chi connectivity index (χ4n) is 9.27. The summed E-state index contributed by atoms with van der Waals surface area (Å²) >= 11 is 5.55. The number of aromatic nitrogens is 2. The van der Waals surface area contributed by atoms with Crippen molar-refractivity contribution in [1.29, 1.82) is 0 Å². The largest absolute Gasteiger partial charge is 0.243 e. The molecule has 4 heterocycles. The van der Waals surface area contributed by atoms with Gasteiger partial charge in [0.2, 0.25) is 0 Å². The molecule has 1 unspecified atom stereocenters. The SMILES string of the molecule is c1ccc2c(c1)-c1c(c3sc4cc5ccccc5cc4c3c3ccccc13)C2c1nc2sc3ccccc3c2nc1-c1cccc2c1sc1ccccc12. The van der Waals surface area contributed by atoms with E-state index in [1.54, 1.807) is 11.3 Å². The van der Waals surface area contributed by atoms with Crippen LogP contribution < -0.4 is 0 Å². The van der Waals surface area contributed by atoms with Crippen LogP contribution in [0.5, 0.6) is 0 Å². The molecule has 2 nitrogen and oxygen atoms in total. The summed E-state index contributed by atoms with van der Waals surface area (Å²) in [7, 11) is 0. The number of nitrogens with zero attached hydrogens (tertiary/aromatic N) is 2. The van der Waals surface area contributed by atoms with Gasteiger partial charge in [0.05, 0.1) is 17.3 Å². The second kappa shape index (κ2) is 10.8. The first-order valence-electron chi connectivity index (χ1n) is 18.3. The number of rotatable bonds is 2. The summed E-state index contributed by atoms with van der Waals surface area (Å²) in [6.45, 7) is 0. The van der Waals surface area contributed by atoms with E-state index in [1.165, 1.54) is 94.2 Å². The first kappa shape index (κ1) is 29.5. The second-order valence-electron chi connectivity index (χ2n) is 14.3. The molecule has 0 aliphatic heterocycles. The van der Waals surface area contributed by atoms with Crippen LogP contribution in [0.2, 0.25) is 0 Å². The highest BCUT2D eigenvalue weighted by atomic mass is 32.1. The van der Waals surface area contributed by atoms with Gasteiger partial charge < -0.3 is 0 Å². The molecule has 4 aromatic heterocycles. The van der Waals surface area contributed by atoms with Crippen molar-refractivity contribution in [2.75, 3.05) is 0 Å². The molecule has 0 bridgehead atoms. The molecule has 0 saturated heterocycles. The van der Waals surface area contributed by atoms with Crippen LogP contribution in [-0.2, 0) is 0 Å². The molecule has 0 saturated carbocycles. The van der Waals surface area contributed by atoms with Gasteiger partial charge in [0, 0.05) is 56.0 Å². The van der Waals surface area contributed by atoms with E-state index >= 15 is 0 Å². The number of hydrogen-bond acceptors (Lipinski definition) is 5. The molecule has 1 aliphatic rings. The van der Waals surface area contributed by atoms with Crippen LogP contribution in [0.25, 0.3) is 105 Å². The Morgan fingerprint density at radius 3 is 1.96 bits per heavy atom. The number of fused-ring (bicyclic) bond motifs is 17. The highest BCUT2D eigenvalue weighted by molar-refractivity contribution is 7.27. The molecule has 1 aliphatic carbocycles. The summed E-state index contributed by atoms with van der Waals surface area (Å²) in [4.78, 5) is 12.5. The summed E-state index contributed by atoms with van der Waals surface area (Å²) in [5.74, 6) is -0.104. The van der Waals surface area contributed by atoms with E-state index in [0.717, 1.165) is 27.3 Å². The zero-order valence-electron chi connectivity index (χ0n) is 28.6. The minimum Gasteiger partial charge on any atom is -0.243 e. The number of benzene rings is 8. The lowest BCUT2D eigenvalue weighted by Gasteiger charge is -2.19. The fourth-order valence-corrected chi connectivity index (χ4v) is 12.8. The quantitative estimate of drug-likeness (QED) is 0.176. The lowest BCUT2D eigenvalue weighted by Crippen LogP contribution is -2.07. The lowest BCUT2D eigenvalue weighted by molar-refractivity contribution is 0.962. The molecule has 12 aromatic rings. The lowest BCUT2D eigenvalue weighted by atomic mass is 9.87. The monoisotopic (exact) mass is 738 g/mol. The molecule has 13 rings (SSSR count). The first-order chi connectivity index (χ1) is 26.8. The van der Waals surface area contributed by atoms with Gasteiger partial charge >= 0.3 is 0 Å². The number of hydrogen-bond donors (Lipinski definition) is 0.